The van der Waals surface area contributed by atoms with Crippen molar-refractivity contribution in [2.75, 3.05) is 12.3 Å². The second-order valence-corrected chi connectivity index (χ2v) is 12.5. The van der Waals surface area contributed by atoms with Crippen molar-refractivity contribution in [1.82, 2.24) is 31.3 Å². The highest BCUT2D eigenvalue weighted by Crippen LogP contribution is 2.08. The number of carboxylic acids is 5. The molecule has 0 aliphatic heterocycles. The predicted molar refractivity (Wildman–Crippen MR) is 180 cm³/mol. The number of carbonyl (C=O) groups is 10. The van der Waals surface area contributed by atoms with Crippen LogP contribution in [0.5, 0.6) is 0 Å². The SMILES string of the molecule is CCSNC(CCCCNC(=O)CCC(NC(=O)CCC(NC(=O)CCC(NC(=O)CCC(NC(C)=O)C(=O)O)C(=O)O)C(=O)O)C(=O)O)C(=O)O. The number of nitrogens with one attached hydrogen (secondary N) is 6. The van der Waals surface area contributed by atoms with E-state index >= 15 is 0 Å². The monoisotopic (exact) mass is 764 g/mol. The Labute approximate surface area is 302 Å². The maximum atomic E-state index is 12.4. The van der Waals surface area contributed by atoms with Crippen molar-refractivity contribution < 1.29 is 73.5 Å². The van der Waals surface area contributed by atoms with E-state index < -0.39 is 122 Å². The minimum Gasteiger partial charge on any atom is -0.480 e. The van der Waals surface area contributed by atoms with Gasteiger partial charge in [0.2, 0.25) is 29.5 Å². The second kappa shape index (κ2) is 25.9. The number of amides is 5. The molecule has 0 aromatic heterocycles. The van der Waals surface area contributed by atoms with E-state index in [0.29, 0.717) is 25.0 Å². The Bertz CT molecular complexity index is 1280. The zero-order valence-corrected chi connectivity index (χ0v) is 29.6. The molecule has 0 rings (SSSR count). The van der Waals surface area contributed by atoms with Crippen molar-refractivity contribution in [1.29, 1.82) is 0 Å². The van der Waals surface area contributed by atoms with Gasteiger partial charge in [0.1, 0.15) is 30.2 Å². The van der Waals surface area contributed by atoms with Crippen molar-refractivity contribution >= 4 is 71.3 Å². The van der Waals surface area contributed by atoms with Crippen LogP contribution in [0.2, 0.25) is 0 Å². The number of carboxylic acid groups (broad SMARTS) is 5. The number of hydrogen-bond donors (Lipinski definition) is 11. The summed E-state index contributed by atoms with van der Waals surface area (Å²) in [7, 11) is 0. The highest BCUT2D eigenvalue weighted by Gasteiger charge is 2.27. The molecule has 0 saturated carbocycles. The molecule has 21 nitrogen and oxygen atoms in total. The van der Waals surface area contributed by atoms with Gasteiger partial charge in [0.15, 0.2) is 0 Å². The molecule has 0 aliphatic rings. The molecule has 5 atom stereocenters. The van der Waals surface area contributed by atoms with Gasteiger partial charge in [-0.1, -0.05) is 18.9 Å². The molecule has 0 heterocycles. The summed E-state index contributed by atoms with van der Waals surface area (Å²) in [6.45, 7) is 3.17. The molecule has 0 radical (unpaired) electrons. The van der Waals surface area contributed by atoms with Crippen LogP contribution in [0.1, 0.15) is 84.5 Å². The smallest absolute Gasteiger partial charge is 0.326 e. The quantitative estimate of drug-likeness (QED) is 0.0302. The van der Waals surface area contributed by atoms with E-state index in [9.17, 15) is 68.4 Å². The third kappa shape index (κ3) is 22.0. The summed E-state index contributed by atoms with van der Waals surface area (Å²) >= 11 is 1.28. The van der Waals surface area contributed by atoms with Crippen LogP contribution in [0.15, 0.2) is 0 Å². The summed E-state index contributed by atoms with van der Waals surface area (Å²) in [4.78, 5) is 118. The number of aliphatic carboxylic acids is 5. The first-order valence-corrected chi connectivity index (χ1v) is 17.3. The van der Waals surface area contributed by atoms with E-state index in [4.69, 9.17) is 5.11 Å². The van der Waals surface area contributed by atoms with Crippen LogP contribution in [-0.4, -0.2) is 127 Å². The van der Waals surface area contributed by atoms with E-state index in [1.165, 1.54) is 11.9 Å². The Kier molecular flexibility index (Phi) is 23.4. The molecular formula is C30H48N6O15S. The van der Waals surface area contributed by atoms with Gasteiger partial charge in [0.05, 0.1) is 0 Å². The van der Waals surface area contributed by atoms with Crippen LogP contribution in [0.4, 0.5) is 0 Å². The van der Waals surface area contributed by atoms with Gasteiger partial charge in [-0.3, -0.25) is 33.5 Å². The Morgan fingerprint density at radius 1 is 0.481 bits per heavy atom. The average molecular weight is 765 g/mol. The third-order valence-corrected chi connectivity index (χ3v) is 7.87. The molecule has 0 saturated heterocycles. The van der Waals surface area contributed by atoms with Crippen molar-refractivity contribution in [3.63, 3.8) is 0 Å². The van der Waals surface area contributed by atoms with E-state index in [2.05, 4.69) is 31.3 Å². The lowest BCUT2D eigenvalue weighted by Gasteiger charge is -2.18. The molecule has 0 aromatic rings. The Balaban J connectivity index is 4.78. The first-order chi connectivity index (χ1) is 24.4. The van der Waals surface area contributed by atoms with E-state index in [1.807, 2.05) is 6.92 Å². The topological polar surface area (TPSA) is 344 Å². The van der Waals surface area contributed by atoms with Crippen LogP contribution in [0.25, 0.3) is 0 Å². The molecule has 0 fully saturated rings. The lowest BCUT2D eigenvalue weighted by Crippen LogP contribution is -2.45. The summed E-state index contributed by atoms with van der Waals surface area (Å²) in [5.41, 5.74) is 0. The summed E-state index contributed by atoms with van der Waals surface area (Å²) in [6, 6.07) is -6.85. The minimum absolute atomic E-state index is 0.222. The summed E-state index contributed by atoms with van der Waals surface area (Å²) in [6.07, 6.45) is -2.13. The summed E-state index contributed by atoms with van der Waals surface area (Å²) < 4.78 is 2.83. The predicted octanol–water partition coefficient (Wildman–Crippen LogP) is -1.60. The highest BCUT2D eigenvalue weighted by atomic mass is 32.2. The Hall–Kier alpha value is -4.99. The molecular weight excluding hydrogens is 716 g/mol. The Morgan fingerprint density at radius 2 is 0.827 bits per heavy atom. The van der Waals surface area contributed by atoms with Gasteiger partial charge in [-0.2, -0.15) is 0 Å². The summed E-state index contributed by atoms with van der Waals surface area (Å²) in [5.74, 6) is -10.1. The highest BCUT2D eigenvalue weighted by molar-refractivity contribution is 7.97. The van der Waals surface area contributed by atoms with Crippen LogP contribution >= 0.6 is 11.9 Å². The van der Waals surface area contributed by atoms with Crippen molar-refractivity contribution in [3.05, 3.63) is 0 Å². The number of unbranched alkanes of at least 4 members (excludes halogenated alkanes) is 1. The molecule has 5 amide bonds. The van der Waals surface area contributed by atoms with Crippen molar-refractivity contribution in [2.45, 2.75) is 115 Å². The van der Waals surface area contributed by atoms with Gasteiger partial charge in [-0.25, -0.2) is 19.2 Å². The first-order valence-electron chi connectivity index (χ1n) is 16.3. The average Bonchev–Trinajstić information content (AvgIpc) is 3.05. The van der Waals surface area contributed by atoms with Crippen molar-refractivity contribution in [2.24, 2.45) is 0 Å². The zero-order valence-electron chi connectivity index (χ0n) is 28.8. The molecule has 0 bridgehead atoms. The fourth-order valence-corrected chi connectivity index (χ4v) is 4.97. The van der Waals surface area contributed by atoms with E-state index in [1.54, 1.807) is 0 Å². The molecule has 0 aliphatic carbocycles. The van der Waals surface area contributed by atoms with E-state index in [0.717, 1.165) is 6.92 Å². The lowest BCUT2D eigenvalue weighted by atomic mass is 10.1. The number of rotatable bonds is 29. The van der Waals surface area contributed by atoms with Gasteiger partial charge in [-0.15, -0.1) is 0 Å². The molecule has 52 heavy (non-hydrogen) atoms. The number of hydrogen-bond acceptors (Lipinski definition) is 12. The fraction of sp³-hybridized carbons (Fsp3) is 0.667. The van der Waals surface area contributed by atoms with Crippen LogP contribution in [0.3, 0.4) is 0 Å². The first kappa shape index (κ1) is 47.0. The zero-order chi connectivity index (χ0) is 39.8. The maximum Gasteiger partial charge on any atom is 0.326 e. The van der Waals surface area contributed by atoms with Gasteiger partial charge >= 0.3 is 29.8 Å². The van der Waals surface area contributed by atoms with Crippen LogP contribution < -0.4 is 31.3 Å². The number of carbonyl (C=O) groups excluding carboxylic acids is 5. The molecule has 0 aromatic carbocycles. The molecule has 11 N–H and O–H groups in total. The molecule has 294 valence electrons. The van der Waals surface area contributed by atoms with Gasteiger partial charge < -0.3 is 52.1 Å². The standard InChI is InChI=1S/C30H48N6O15S/c1-3-52-36-21(30(50)51)6-4-5-15-31-22(38)11-7-18(27(44)45)33-24(40)13-9-20(29(48)49)35-25(41)14-10-19(28(46)47)34-23(39)12-8-17(26(42)43)32-16(2)37/h17-21,36H,3-15H2,1-2H3,(H,31,38)(H,32,37)(H,33,40)(H,34,39)(H,35,41)(H,42,43)(H,44,45)(H,46,47)(H,48,49)(H,50,51). The lowest BCUT2D eigenvalue weighted by molar-refractivity contribution is -0.144. The normalized spacial score (nSPS) is 13.6. The summed E-state index contributed by atoms with van der Waals surface area (Å²) in [5, 5.41) is 57.8. The van der Waals surface area contributed by atoms with Gasteiger partial charge in [-0.05, 0) is 44.9 Å². The Morgan fingerprint density at radius 3 is 1.15 bits per heavy atom. The van der Waals surface area contributed by atoms with Crippen LogP contribution in [0, 0.1) is 0 Å². The molecule has 5 unspecified atom stereocenters. The maximum absolute atomic E-state index is 12.4. The fourth-order valence-electron chi connectivity index (χ4n) is 4.38. The third-order valence-electron chi connectivity index (χ3n) is 7.13. The van der Waals surface area contributed by atoms with Crippen LogP contribution in [-0.2, 0) is 47.9 Å². The van der Waals surface area contributed by atoms with E-state index in [-0.39, 0.29) is 25.8 Å². The second-order valence-electron chi connectivity index (χ2n) is 11.4. The van der Waals surface area contributed by atoms with Crippen molar-refractivity contribution in [3.8, 4) is 0 Å². The minimum atomic E-state index is -1.63. The van der Waals surface area contributed by atoms with Gasteiger partial charge in [0.25, 0.3) is 0 Å². The largest absolute Gasteiger partial charge is 0.480 e. The van der Waals surface area contributed by atoms with Gasteiger partial charge in [0, 0.05) is 44.9 Å². The molecule has 0 spiro atoms. The molecule has 22 heteroatoms.